The third-order valence-corrected chi connectivity index (χ3v) is 4.17. The lowest BCUT2D eigenvalue weighted by atomic mass is 9.97. The molecule has 118 valence electrons. The van der Waals surface area contributed by atoms with Gasteiger partial charge in [-0.05, 0) is 62.5 Å². The van der Waals surface area contributed by atoms with E-state index in [1.54, 1.807) is 13.2 Å². The predicted octanol–water partition coefficient (Wildman–Crippen LogP) is 2.61. The molecule has 0 bridgehead atoms. The zero-order valence-corrected chi connectivity index (χ0v) is 13.3. The van der Waals surface area contributed by atoms with Crippen molar-refractivity contribution in [3.05, 3.63) is 23.8 Å². The first-order chi connectivity index (χ1) is 10.2. The summed E-state index contributed by atoms with van der Waals surface area (Å²) in [7, 11) is 1.59. The van der Waals surface area contributed by atoms with E-state index in [4.69, 9.17) is 4.74 Å². The molecule has 1 aliphatic rings. The van der Waals surface area contributed by atoms with Crippen LogP contribution in [0.2, 0.25) is 0 Å². The predicted molar refractivity (Wildman–Crippen MR) is 85.8 cm³/mol. The maximum atomic E-state index is 9.69. The minimum atomic E-state index is 0.210. The number of piperidine rings is 1. The summed E-state index contributed by atoms with van der Waals surface area (Å²) in [5.74, 6) is 1.57. The van der Waals surface area contributed by atoms with Gasteiger partial charge in [0, 0.05) is 13.1 Å². The molecule has 1 aromatic carbocycles. The van der Waals surface area contributed by atoms with Crippen LogP contribution in [0.1, 0.15) is 31.7 Å². The molecule has 0 aromatic heterocycles. The summed E-state index contributed by atoms with van der Waals surface area (Å²) in [5, 5.41) is 13.1. The smallest absolute Gasteiger partial charge is 0.160 e. The highest BCUT2D eigenvalue weighted by Gasteiger charge is 2.17. The van der Waals surface area contributed by atoms with Crippen LogP contribution in [0.15, 0.2) is 18.2 Å². The van der Waals surface area contributed by atoms with Gasteiger partial charge in [-0.15, -0.1) is 0 Å². The van der Waals surface area contributed by atoms with Crippen LogP contribution in [-0.4, -0.2) is 43.3 Å². The van der Waals surface area contributed by atoms with E-state index in [9.17, 15) is 5.11 Å². The van der Waals surface area contributed by atoms with Crippen LogP contribution in [0.3, 0.4) is 0 Å². The first kappa shape index (κ1) is 16.1. The first-order valence-corrected chi connectivity index (χ1v) is 8.02. The number of rotatable bonds is 7. The van der Waals surface area contributed by atoms with Gasteiger partial charge >= 0.3 is 0 Å². The monoisotopic (exact) mass is 292 g/mol. The minimum Gasteiger partial charge on any atom is -0.504 e. The van der Waals surface area contributed by atoms with Crippen molar-refractivity contribution in [2.45, 2.75) is 32.7 Å². The van der Waals surface area contributed by atoms with Gasteiger partial charge in [0.1, 0.15) is 0 Å². The van der Waals surface area contributed by atoms with Crippen molar-refractivity contribution < 1.29 is 9.84 Å². The average Bonchev–Trinajstić information content (AvgIpc) is 2.50. The summed E-state index contributed by atoms with van der Waals surface area (Å²) in [6, 6.07) is 5.66. The number of ether oxygens (including phenoxy) is 1. The zero-order chi connectivity index (χ0) is 15.1. The molecule has 0 aliphatic carbocycles. The van der Waals surface area contributed by atoms with Gasteiger partial charge < -0.3 is 15.2 Å². The molecule has 1 heterocycles. The van der Waals surface area contributed by atoms with Gasteiger partial charge in [0.25, 0.3) is 0 Å². The highest BCUT2D eigenvalue weighted by Crippen LogP contribution is 2.27. The van der Waals surface area contributed by atoms with Crippen LogP contribution in [0, 0.1) is 5.92 Å². The summed E-state index contributed by atoms with van der Waals surface area (Å²) in [6.45, 7) is 7.74. The topological polar surface area (TPSA) is 44.7 Å². The van der Waals surface area contributed by atoms with Crippen LogP contribution in [0.4, 0.5) is 0 Å². The lowest BCUT2D eigenvalue weighted by Gasteiger charge is -2.30. The molecular formula is C17H28N2O2. The van der Waals surface area contributed by atoms with E-state index in [1.165, 1.54) is 31.4 Å². The summed E-state index contributed by atoms with van der Waals surface area (Å²) < 4.78 is 5.20. The fourth-order valence-corrected chi connectivity index (χ4v) is 3.06. The van der Waals surface area contributed by atoms with Crippen molar-refractivity contribution in [3.8, 4) is 11.5 Å². The number of nitrogens with zero attached hydrogens (tertiary/aromatic N) is 1. The van der Waals surface area contributed by atoms with Crippen molar-refractivity contribution >= 4 is 0 Å². The second-order valence-electron chi connectivity index (χ2n) is 5.93. The van der Waals surface area contributed by atoms with Gasteiger partial charge in [0.2, 0.25) is 0 Å². The van der Waals surface area contributed by atoms with E-state index < -0.39 is 0 Å². The number of hydrogen-bond donors (Lipinski definition) is 2. The van der Waals surface area contributed by atoms with E-state index in [1.807, 2.05) is 12.1 Å². The number of phenolic OH excluding ortho intramolecular Hbond substituents is 1. The highest BCUT2D eigenvalue weighted by molar-refractivity contribution is 5.41. The summed E-state index contributed by atoms with van der Waals surface area (Å²) in [5.41, 5.74) is 1.20. The Labute approximate surface area is 128 Å². The van der Waals surface area contributed by atoms with Gasteiger partial charge in [0.15, 0.2) is 11.5 Å². The summed E-state index contributed by atoms with van der Waals surface area (Å²) >= 11 is 0. The number of phenols is 1. The third kappa shape index (κ3) is 4.90. The Balaban J connectivity index is 1.97. The molecule has 2 rings (SSSR count). The molecule has 1 aliphatic heterocycles. The maximum Gasteiger partial charge on any atom is 0.160 e. The molecule has 0 unspecified atom stereocenters. The molecule has 0 atom stereocenters. The van der Waals surface area contributed by atoms with Crippen LogP contribution in [-0.2, 0) is 6.54 Å². The van der Waals surface area contributed by atoms with Crippen LogP contribution < -0.4 is 10.1 Å². The molecule has 0 radical (unpaired) electrons. The lowest BCUT2D eigenvalue weighted by Crippen LogP contribution is -2.36. The van der Waals surface area contributed by atoms with E-state index >= 15 is 0 Å². The molecule has 4 heteroatoms. The quantitative estimate of drug-likeness (QED) is 0.811. The molecule has 21 heavy (non-hydrogen) atoms. The Morgan fingerprint density at radius 1 is 1.33 bits per heavy atom. The fraction of sp³-hybridized carbons (Fsp3) is 0.647. The van der Waals surface area contributed by atoms with E-state index in [-0.39, 0.29) is 5.75 Å². The number of benzene rings is 1. The standard InChI is InChI=1S/C17H28N2O2/c1-3-10-19(12-14-6-8-18-9-7-14)13-15-4-5-16(20)17(11-15)21-2/h4-5,11,14,18,20H,3,6-10,12-13H2,1-2H3. The molecule has 2 N–H and O–H groups in total. The zero-order valence-electron chi connectivity index (χ0n) is 13.3. The molecule has 1 fully saturated rings. The Bertz CT molecular complexity index is 431. The van der Waals surface area contributed by atoms with Crippen molar-refractivity contribution in [2.75, 3.05) is 33.3 Å². The summed E-state index contributed by atoms with van der Waals surface area (Å²) in [4.78, 5) is 2.53. The lowest BCUT2D eigenvalue weighted by molar-refractivity contribution is 0.198. The average molecular weight is 292 g/mol. The maximum absolute atomic E-state index is 9.69. The van der Waals surface area contributed by atoms with Crippen molar-refractivity contribution in [1.82, 2.24) is 10.2 Å². The van der Waals surface area contributed by atoms with Gasteiger partial charge in [-0.3, -0.25) is 4.90 Å². The molecule has 1 aromatic rings. The van der Waals surface area contributed by atoms with Gasteiger partial charge in [-0.1, -0.05) is 13.0 Å². The van der Waals surface area contributed by atoms with Crippen molar-refractivity contribution in [2.24, 2.45) is 5.92 Å². The Kier molecular flexibility index (Phi) is 6.33. The third-order valence-electron chi connectivity index (χ3n) is 4.17. The van der Waals surface area contributed by atoms with Gasteiger partial charge in [-0.25, -0.2) is 0 Å². The SMILES string of the molecule is CCCN(Cc1ccc(O)c(OC)c1)CC1CCNCC1. The Morgan fingerprint density at radius 2 is 2.10 bits per heavy atom. The Hall–Kier alpha value is -1.26. The van der Waals surface area contributed by atoms with Crippen LogP contribution >= 0.6 is 0 Å². The molecule has 1 saturated heterocycles. The van der Waals surface area contributed by atoms with Crippen LogP contribution in [0.25, 0.3) is 0 Å². The fourth-order valence-electron chi connectivity index (χ4n) is 3.06. The molecule has 0 saturated carbocycles. The largest absolute Gasteiger partial charge is 0.504 e. The highest BCUT2D eigenvalue weighted by atomic mass is 16.5. The number of nitrogens with one attached hydrogen (secondary N) is 1. The molecule has 0 amide bonds. The second kappa shape index (κ2) is 8.25. The number of methoxy groups -OCH3 is 1. The van der Waals surface area contributed by atoms with Gasteiger partial charge in [-0.2, -0.15) is 0 Å². The second-order valence-corrected chi connectivity index (χ2v) is 5.93. The molecule has 0 spiro atoms. The molecule has 4 nitrogen and oxygen atoms in total. The van der Waals surface area contributed by atoms with Crippen LogP contribution in [0.5, 0.6) is 11.5 Å². The normalized spacial score (nSPS) is 16.3. The number of aromatic hydroxyl groups is 1. The molecular weight excluding hydrogens is 264 g/mol. The van der Waals surface area contributed by atoms with E-state index in [0.29, 0.717) is 5.75 Å². The van der Waals surface area contributed by atoms with E-state index in [0.717, 1.165) is 32.1 Å². The number of hydrogen-bond acceptors (Lipinski definition) is 4. The summed E-state index contributed by atoms with van der Waals surface area (Å²) in [6.07, 6.45) is 3.72. The first-order valence-electron chi connectivity index (χ1n) is 8.02. The minimum absolute atomic E-state index is 0.210. The van der Waals surface area contributed by atoms with Gasteiger partial charge in [0.05, 0.1) is 7.11 Å². The van der Waals surface area contributed by atoms with Crippen molar-refractivity contribution in [1.29, 1.82) is 0 Å². The van der Waals surface area contributed by atoms with E-state index in [2.05, 4.69) is 17.1 Å². The Morgan fingerprint density at radius 3 is 2.76 bits per heavy atom. The van der Waals surface area contributed by atoms with Crippen molar-refractivity contribution in [3.63, 3.8) is 0 Å².